The second-order valence-electron chi connectivity index (χ2n) is 8.37. The van der Waals surface area contributed by atoms with E-state index in [2.05, 4.69) is 10.3 Å². The fraction of sp³-hybridized carbons (Fsp3) is 0.154. The number of aldehydes is 1. The van der Waals surface area contributed by atoms with Gasteiger partial charge < -0.3 is 21.0 Å². The van der Waals surface area contributed by atoms with Crippen molar-refractivity contribution in [3.63, 3.8) is 0 Å². The summed E-state index contributed by atoms with van der Waals surface area (Å²) in [7, 11) is 0. The van der Waals surface area contributed by atoms with Crippen LogP contribution in [0, 0.1) is 0 Å². The van der Waals surface area contributed by atoms with E-state index in [4.69, 9.17) is 28.9 Å². The monoisotopic (exact) mass is 477 g/mol. The number of benzene rings is 3. The molecule has 1 heterocycles. The maximum Gasteiger partial charge on any atom is 0.152 e. The Morgan fingerprint density at radius 1 is 1.03 bits per heavy atom. The van der Waals surface area contributed by atoms with Gasteiger partial charge in [0.15, 0.2) is 5.75 Å². The first-order valence-electron chi connectivity index (χ1n) is 10.6. The van der Waals surface area contributed by atoms with Crippen molar-refractivity contribution in [1.82, 2.24) is 4.98 Å². The van der Waals surface area contributed by atoms with Crippen LogP contribution in [0.3, 0.4) is 0 Å². The summed E-state index contributed by atoms with van der Waals surface area (Å²) in [4.78, 5) is 16.6. The number of hydrogen-bond acceptors (Lipinski definition) is 5. The molecule has 0 saturated heterocycles. The third kappa shape index (κ3) is 3.93. The molecular formula is C26H21Cl2N3O2. The Morgan fingerprint density at radius 3 is 2.33 bits per heavy atom. The van der Waals surface area contributed by atoms with Gasteiger partial charge in [-0.1, -0.05) is 41.4 Å². The van der Waals surface area contributed by atoms with Gasteiger partial charge in [0.25, 0.3) is 0 Å². The van der Waals surface area contributed by atoms with Crippen LogP contribution in [0.4, 0.5) is 11.4 Å². The van der Waals surface area contributed by atoms with Crippen LogP contribution in [0.1, 0.15) is 24.0 Å². The number of nitrogens with two attached hydrogens (primary N) is 1. The van der Waals surface area contributed by atoms with E-state index in [0.29, 0.717) is 6.54 Å². The van der Waals surface area contributed by atoms with E-state index < -0.39 is 5.41 Å². The molecule has 1 aliphatic carbocycles. The van der Waals surface area contributed by atoms with Crippen molar-refractivity contribution in [1.29, 1.82) is 0 Å². The number of fused-ring (bicyclic) bond motifs is 1. The van der Waals surface area contributed by atoms with Gasteiger partial charge in [0.1, 0.15) is 6.29 Å². The summed E-state index contributed by atoms with van der Waals surface area (Å²) < 4.78 is 0. The Morgan fingerprint density at radius 2 is 1.73 bits per heavy atom. The summed E-state index contributed by atoms with van der Waals surface area (Å²) in [5.41, 5.74) is 11.3. The number of carbonyl (C=O) groups excluding carboxylic acids is 1. The quantitative estimate of drug-likeness (QED) is 0.281. The van der Waals surface area contributed by atoms with Crippen LogP contribution >= 0.6 is 23.2 Å². The number of aromatic hydroxyl groups is 1. The standard InChI is InChI=1S/C26H21Cl2N3O2/c27-21-10-17(11-22(28)25(21)33)16-3-6-23-19(9-16)24(20(13-30-23)26(14-32)7-8-26)31-18-4-1-15(12-29)2-5-18/h1-6,9-11,13-14,33H,7-8,12,29H2,(H,30,31). The maximum atomic E-state index is 12.0. The van der Waals surface area contributed by atoms with Crippen molar-refractivity contribution < 1.29 is 9.90 Å². The highest BCUT2D eigenvalue weighted by atomic mass is 35.5. The zero-order valence-electron chi connectivity index (χ0n) is 17.6. The number of nitrogens with zero attached hydrogens (tertiary/aromatic N) is 1. The molecule has 0 atom stereocenters. The average molecular weight is 478 g/mol. The Bertz CT molecular complexity index is 1360. The van der Waals surface area contributed by atoms with Crippen LogP contribution in [0.15, 0.2) is 60.8 Å². The van der Waals surface area contributed by atoms with Crippen LogP contribution in [-0.2, 0) is 16.8 Å². The lowest BCUT2D eigenvalue weighted by Gasteiger charge is -2.19. The highest BCUT2D eigenvalue weighted by Crippen LogP contribution is 2.51. The molecule has 5 nitrogen and oxygen atoms in total. The van der Waals surface area contributed by atoms with Crippen LogP contribution in [0.2, 0.25) is 10.0 Å². The fourth-order valence-corrected chi connectivity index (χ4v) is 4.56. The van der Waals surface area contributed by atoms with Gasteiger partial charge in [-0.2, -0.15) is 0 Å². The zero-order chi connectivity index (χ0) is 23.2. The lowest BCUT2D eigenvalue weighted by atomic mass is 9.93. The molecule has 1 aliphatic rings. The third-order valence-electron chi connectivity index (χ3n) is 6.23. The molecule has 166 valence electrons. The number of nitrogens with one attached hydrogen (secondary N) is 1. The smallest absolute Gasteiger partial charge is 0.152 e. The van der Waals surface area contributed by atoms with Crippen molar-refractivity contribution in [3.8, 4) is 16.9 Å². The SMILES string of the molecule is NCc1ccc(Nc2c(C3(C=O)CC3)cnc3ccc(-c4cc(Cl)c(O)c(Cl)c4)cc23)cc1. The van der Waals surface area contributed by atoms with Crippen molar-refractivity contribution in [2.75, 3.05) is 5.32 Å². The number of phenolic OH excluding ortho intramolecular Hbond substituents is 1. The van der Waals surface area contributed by atoms with Gasteiger partial charge in [-0.25, -0.2) is 0 Å². The van der Waals surface area contributed by atoms with Gasteiger partial charge in [-0.3, -0.25) is 4.98 Å². The molecule has 3 aromatic carbocycles. The molecule has 0 amide bonds. The highest BCUT2D eigenvalue weighted by Gasteiger charge is 2.46. The summed E-state index contributed by atoms with van der Waals surface area (Å²) in [6.45, 7) is 0.471. The normalized spacial score (nSPS) is 14.3. The van der Waals surface area contributed by atoms with E-state index >= 15 is 0 Å². The van der Waals surface area contributed by atoms with E-state index in [1.165, 1.54) is 0 Å². The molecule has 0 spiro atoms. The Labute approximate surface area is 201 Å². The molecule has 4 aromatic rings. The van der Waals surface area contributed by atoms with Crippen molar-refractivity contribution in [3.05, 3.63) is 82.0 Å². The lowest BCUT2D eigenvalue weighted by Crippen LogP contribution is -2.12. The Balaban J connectivity index is 1.69. The Hall–Kier alpha value is -3.12. The third-order valence-corrected chi connectivity index (χ3v) is 6.80. The van der Waals surface area contributed by atoms with Crippen molar-refractivity contribution in [2.45, 2.75) is 24.8 Å². The van der Waals surface area contributed by atoms with Crippen LogP contribution in [0.5, 0.6) is 5.75 Å². The number of aromatic nitrogens is 1. The molecule has 1 aromatic heterocycles. The van der Waals surface area contributed by atoms with E-state index in [0.717, 1.165) is 63.7 Å². The molecule has 1 fully saturated rings. The zero-order valence-corrected chi connectivity index (χ0v) is 19.1. The van der Waals surface area contributed by atoms with Gasteiger partial charge in [-0.15, -0.1) is 0 Å². The predicted octanol–water partition coefficient (Wildman–Crippen LogP) is 6.35. The number of halogens is 2. The molecule has 0 unspecified atom stereocenters. The van der Waals surface area contributed by atoms with Gasteiger partial charge in [0.2, 0.25) is 0 Å². The number of hydrogen-bond donors (Lipinski definition) is 3. The van der Waals surface area contributed by atoms with E-state index in [9.17, 15) is 9.90 Å². The molecule has 1 saturated carbocycles. The number of pyridine rings is 1. The summed E-state index contributed by atoms with van der Waals surface area (Å²) in [5, 5.41) is 14.7. The number of anilines is 2. The topological polar surface area (TPSA) is 88.2 Å². The molecule has 5 rings (SSSR count). The van der Waals surface area contributed by atoms with Gasteiger partial charge >= 0.3 is 0 Å². The van der Waals surface area contributed by atoms with Crippen molar-refractivity contribution >= 4 is 51.8 Å². The average Bonchev–Trinajstić information content (AvgIpc) is 3.64. The minimum atomic E-state index is -0.512. The van der Waals surface area contributed by atoms with E-state index in [-0.39, 0.29) is 15.8 Å². The molecule has 0 radical (unpaired) electrons. The van der Waals surface area contributed by atoms with E-state index in [1.54, 1.807) is 18.3 Å². The summed E-state index contributed by atoms with van der Waals surface area (Å²) >= 11 is 12.3. The minimum Gasteiger partial charge on any atom is -0.505 e. The van der Waals surface area contributed by atoms with Crippen molar-refractivity contribution in [2.24, 2.45) is 5.73 Å². The van der Waals surface area contributed by atoms with Gasteiger partial charge in [0.05, 0.1) is 26.7 Å². The second kappa shape index (κ2) is 8.34. The Kier molecular flexibility index (Phi) is 5.49. The first kappa shape index (κ1) is 21.7. The molecule has 4 N–H and O–H groups in total. The maximum absolute atomic E-state index is 12.0. The molecule has 33 heavy (non-hydrogen) atoms. The lowest BCUT2D eigenvalue weighted by molar-refractivity contribution is -0.109. The first-order chi connectivity index (χ1) is 15.9. The van der Waals surface area contributed by atoms with Gasteiger partial charge in [0, 0.05) is 29.4 Å². The molecule has 7 heteroatoms. The summed E-state index contributed by atoms with van der Waals surface area (Å²) in [5.74, 6) is -0.142. The number of phenols is 1. The summed E-state index contributed by atoms with van der Waals surface area (Å²) in [6.07, 6.45) is 4.43. The number of rotatable bonds is 6. The van der Waals surface area contributed by atoms with Crippen LogP contribution in [-0.4, -0.2) is 16.4 Å². The number of carbonyl (C=O) groups is 1. The fourth-order valence-electron chi connectivity index (χ4n) is 4.07. The predicted molar refractivity (Wildman–Crippen MR) is 133 cm³/mol. The molecule has 0 bridgehead atoms. The van der Waals surface area contributed by atoms with Crippen LogP contribution < -0.4 is 11.1 Å². The first-order valence-corrected chi connectivity index (χ1v) is 11.3. The molecular weight excluding hydrogens is 457 g/mol. The minimum absolute atomic E-state index is 0.142. The summed E-state index contributed by atoms with van der Waals surface area (Å²) in [6, 6.07) is 17.1. The van der Waals surface area contributed by atoms with Crippen LogP contribution in [0.25, 0.3) is 22.0 Å². The highest BCUT2D eigenvalue weighted by molar-refractivity contribution is 6.37. The van der Waals surface area contributed by atoms with Gasteiger partial charge in [-0.05, 0) is 65.9 Å². The largest absolute Gasteiger partial charge is 0.505 e. The second-order valence-corrected chi connectivity index (χ2v) is 9.18. The molecule has 0 aliphatic heterocycles. The van der Waals surface area contributed by atoms with E-state index in [1.807, 2.05) is 42.5 Å².